The monoisotopic (exact) mass is 312 g/mol. The highest BCUT2D eigenvalue weighted by Gasteiger charge is 2.19. The highest BCUT2D eigenvalue weighted by Crippen LogP contribution is 2.40. The molecular formula is C18H16O5. The maximum Gasteiger partial charge on any atom is 0.197 e. The number of aromatic hydroxyl groups is 2. The van der Waals surface area contributed by atoms with Crippen molar-refractivity contribution in [3.05, 3.63) is 52.2 Å². The van der Waals surface area contributed by atoms with Crippen LogP contribution < -0.4 is 10.2 Å². The van der Waals surface area contributed by atoms with E-state index in [0.717, 1.165) is 17.5 Å². The molecule has 0 atom stereocenters. The zero-order valence-corrected chi connectivity index (χ0v) is 12.8. The maximum absolute atomic E-state index is 12.4. The molecule has 5 heteroatoms. The number of hydrogen-bond acceptors (Lipinski definition) is 5. The summed E-state index contributed by atoms with van der Waals surface area (Å²) in [6, 6.07) is 10.1. The Labute approximate surface area is 132 Å². The number of aryl methyl sites for hydroxylation is 1. The Morgan fingerprint density at radius 2 is 1.91 bits per heavy atom. The minimum Gasteiger partial charge on any atom is -0.504 e. The van der Waals surface area contributed by atoms with Gasteiger partial charge in [-0.15, -0.1) is 0 Å². The van der Waals surface area contributed by atoms with Gasteiger partial charge in [-0.2, -0.15) is 0 Å². The largest absolute Gasteiger partial charge is 0.504 e. The summed E-state index contributed by atoms with van der Waals surface area (Å²) in [6.45, 7) is 2.01. The van der Waals surface area contributed by atoms with E-state index >= 15 is 0 Å². The first kappa shape index (κ1) is 15.0. The van der Waals surface area contributed by atoms with Gasteiger partial charge in [-0.25, -0.2) is 0 Å². The van der Waals surface area contributed by atoms with Gasteiger partial charge in [0.2, 0.25) is 0 Å². The van der Waals surface area contributed by atoms with Gasteiger partial charge in [0, 0.05) is 17.7 Å². The third-order valence-electron chi connectivity index (χ3n) is 3.80. The first-order valence-corrected chi connectivity index (χ1v) is 7.21. The first-order valence-electron chi connectivity index (χ1n) is 7.21. The van der Waals surface area contributed by atoms with Gasteiger partial charge in [0.15, 0.2) is 28.3 Å². The van der Waals surface area contributed by atoms with Crippen LogP contribution in [0.1, 0.15) is 12.5 Å². The Bertz CT molecular complexity index is 940. The lowest BCUT2D eigenvalue weighted by atomic mass is 10.0. The molecule has 0 bridgehead atoms. The van der Waals surface area contributed by atoms with Gasteiger partial charge in [0.1, 0.15) is 11.1 Å². The Kier molecular flexibility index (Phi) is 3.70. The molecule has 0 aliphatic heterocycles. The van der Waals surface area contributed by atoms with E-state index in [4.69, 9.17) is 9.15 Å². The second-order valence-electron chi connectivity index (χ2n) is 5.14. The van der Waals surface area contributed by atoms with Crippen molar-refractivity contribution in [3.63, 3.8) is 0 Å². The van der Waals surface area contributed by atoms with Gasteiger partial charge < -0.3 is 19.4 Å². The average Bonchev–Trinajstić information content (AvgIpc) is 2.57. The second kappa shape index (κ2) is 5.68. The van der Waals surface area contributed by atoms with Crippen molar-refractivity contribution in [2.45, 2.75) is 13.3 Å². The number of benzene rings is 2. The number of rotatable bonds is 3. The van der Waals surface area contributed by atoms with Crippen molar-refractivity contribution in [3.8, 4) is 28.6 Å². The van der Waals surface area contributed by atoms with E-state index in [-0.39, 0.29) is 28.2 Å². The van der Waals surface area contributed by atoms with Gasteiger partial charge in [0.05, 0.1) is 7.11 Å². The number of phenols is 2. The Balaban J connectivity index is 2.35. The molecule has 0 saturated heterocycles. The van der Waals surface area contributed by atoms with Crippen LogP contribution in [-0.2, 0) is 6.42 Å². The van der Waals surface area contributed by atoms with Gasteiger partial charge in [-0.1, -0.05) is 31.2 Å². The maximum atomic E-state index is 12.4. The van der Waals surface area contributed by atoms with Crippen molar-refractivity contribution >= 4 is 11.0 Å². The van der Waals surface area contributed by atoms with Gasteiger partial charge in [-0.05, 0) is 12.0 Å². The molecule has 0 saturated carbocycles. The molecule has 0 unspecified atom stereocenters. The van der Waals surface area contributed by atoms with Gasteiger partial charge >= 0.3 is 0 Å². The molecule has 2 aromatic carbocycles. The fraction of sp³-hybridized carbons (Fsp3) is 0.167. The van der Waals surface area contributed by atoms with Crippen LogP contribution in [0.5, 0.6) is 17.2 Å². The van der Waals surface area contributed by atoms with Crippen molar-refractivity contribution < 1.29 is 19.4 Å². The minimum absolute atomic E-state index is 0.0176. The van der Waals surface area contributed by atoms with Gasteiger partial charge in [-0.3, -0.25) is 4.79 Å². The van der Waals surface area contributed by atoms with E-state index in [2.05, 4.69) is 0 Å². The summed E-state index contributed by atoms with van der Waals surface area (Å²) in [4.78, 5) is 12.4. The van der Waals surface area contributed by atoms with Crippen LogP contribution in [-0.4, -0.2) is 17.3 Å². The molecule has 0 fully saturated rings. The van der Waals surface area contributed by atoms with Crippen molar-refractivity contribution in [2.24, 2.45) is 0 Å². The minimum atomic E-state index is -0.446. The molecular weight excluding hydrogens is 296 g/mol. The molecule has 1 aromatic heterocycles. The summed E-state index contributed by atoms with van der Waals surface area (Å²) in [5, 5.41) is 20.1. The summed E-state index contributed by atoms with van der Waals surface area (Å²) in [5.74, 6) is -0.240. The van der Waals surface area contributed by atoms with Crippen molar-refractivity contribution in [1.29, 1.82) is 0 Å². The quantitative estimate of drug-likeness (QED) is 0.724. The first-order chi connectivity index (χ1) is 11.1. The zero-order valence-electron chi connectivity index (χ0n) is 12.8. The summed E-state index contributed by atoms with van der Waals surface area (Å²) in [5.41, 5.74) is 1.30. The summed E-state index contributed by atoms with van der Waals surface area (Å²) < 4.78 is 10.7. The number of phenolic OH excluding ortho intramolecular Hbond substituents is 2. The van der Waals surface area contributed by atoms with Crippen LogP contribution in [0, 0.1) is 0 Å². The summed E-state index contributed by atoms with van der Waals surface area (Å²) in [7, 11) is 1.34. The molecule has 1 heterocycles. The molecule has 118 valence electrons. The van der Waals surface area contributed by atoms with E-state index in [0.29, 0.717) is 5.76 Å². The molecule has 0 amide bonds. The third kappa shape index (κ3) is 2.40. The number of ether oxygens (including phenoxy) is 1. The summed E-state index contributed by atoms with van der Waals surface area (Å²) in [6.07, 6.45) is 0.776. The molecule has 0 spiro atoms. The van der Waals surface area contributed by atoms with Crippen molar-refractivity contribution in [1.82, 2.24) is 0 Å². The molecule has 2 N–H and O–H groups in total. The molecule has 23 heavy (non-hydrogen) atoms. The Morgan fingerprint density at radius 3 is 2.61 bits per heavy atom. The highest BCUT2D eigenvalue weighted by molar-refractivity contribution is 5.91. The zero-order chi connectivity index (χ0) is 16.6. The molecule has 5 nitrogen and oxygen atoms in total. The average molecular weight is 312 g/mol. The van der Waals surface area contributed by atoms with Crippen LogP contribution in [0.15, 0.2) is 45.6 Å². The summed E-state index contributed by atoms with van der Waals surface area (Å²) >= 11 is 0. The molecule has 0 radical (unpaired) electrons. The smallest absolute Gasteiger partial charge is 0.197 e. The van der Waals surface area contributed by atoms with Gasteiger partial charge in [0.25, 0.3) is 0 Å². The Hall–Kier alpha value is -2.95. The fourth-order valence-corrected chi connectivity index (χ4v) is 2.64. The normalized spacial score (nSPS) is 10.9. The second-order valence-corrected chi connectivity index (χ2v) is 5.14. The lowest BCUT2D eigenvalue weighted by molar-refractivity contribution is 0.370. The number of methoxy groups -OCH3 is 1. The van der Waals surface area contributed by atoms with E-state index < -0.39 is 5.43 Å². The molecule has 0 aliphatic rings. The number of fused-ring (bicyclic) bond motifs is 1. The molecule has 0 aliphatic carbocycles. The van der Waals surface area contributed by atoms with E-state index in [1.54, 1.807) is 0 Å². The lowest BCUT2D eigenvalue weighted by Crippen LogP contribution is -2.02. The fourth-order valence-electron chi connectivity index (χ4n) is 2.64. The standard InChI is InChI=1S/C18H16O5/c1-3-10-6-4-5-7-11(10)14-8-12(19)16-17(21)15(22-2)9-13(20)18(16)23-14/h4-9,20-21H,3H2,1-2H3. The molecule has 3 rings (SSSR count). The molecule has 3 aromatic rings. The van der Waals surface area contributed by atoms with Crippen LogP contribution in [0.4, 0.5) is 0 Å². The van der Waals surface area contributed by atoms with E-state index in [1.165, 1.54) is 19.2 Å². The number of hydrogen-bond donors (Lipinski definition) is 2. The van der Waals surface area contributed by atoms with Crippen LogP contribution >= 0.6 is 0 Å². The third-order valence-corrected chi connectivity index (χ3v) is 3.80. The van der Waals surface area contributed by atoms with Crippen molar-refractivity contribution in [2.75, 3.05) is 7.11 Å². The van der Waals surface area contributed by atoms with E-state index in [1.807, 2.05) is 31.2 Å². The van der Waals surface area contributed by atoms with Crippen LogP contribution in [0.25, 0.3) is 22.3 Å². The van der Waals surface area contributed by atoms with Crippen LogP contribution in [0.2, 0.25) is 0 Å². The lowest BCUT2D eigenvalue weighted by Gasteiger charge is -2.11. The Morgan fingerprint density at radius 1 is 1.17 bits per heavy atom. The highest BCUT2D eigenvalue weighted by atomic mass is 16.5. The van der Waals surface area contributed by atoms with E-state index in [9.17, 15) is 15.0 Å². The van der Waals surface area contributed by atoms with Crippen LogP contribution in [0.3, 0.4) is 0 Å². The topological polar surface area (TPSA) is 79.9 Å². The predicted molar refractivity (Wildman–Crippen MR) is 87.2 cm³/mol. The SMILES string of the molecule is CCc1ccccc1-c1cc(=O)c2c(O)c(OC)cc(O)c2o1. The predicted octanol–water partition coefficient (Wildman–Crippen LogP) is 3.44.